The summed E-state index contributed by atoms with van der Waals surface area (Å²) in [5.74, 6) is 1.59. The normalized spacial score (nSPS) is 10.9. The maximum absolute atomic E-state index is 5.94. The summed E-state index contributed by atoms with van der Waals surface area (Å²) in [6, 6.07) is 24.1. The van der Waals surface area contributed by atoms with Gasteiger partial charge in [-0.2, -0.15) is 0 Å². The number of benzene rings is 3. The van der Waals surface area contributed by atoms with E-state index in [2.05, 4.69) is 51.9 Å². The van der Waals surface area contributed by atoms with Crippen LogP contribution in [0.25, 0.3) is 21.3 Å². The van der Waals surface area contributed by atoms with Crippen molar-refractivity contribution < 1.29 is 4.74 Å². The van der Waals surface area contributed by atoms with E-state index in [1.54, 1.807) is 17.7 Å². The number of aryl methyl sites for hydroxylation is 1. The van der Waals surface area contributed by atoms with Crippen molar-refractivity contribution in [3.8, 4) is 16.9 Å². The molecular formula is C26H20ClN3OS. The van der Waals surface area contributed by atoms with Crippen molar-refractivity contribution in [3.05, 3.63) is 101 Å². The summed E-state index contributed by atoms with van der Waals surface area (Å²) >= 11 is 7.56. The van der Waals surface area contributed by atoms with E-state index in [9.17, 15) is 0 Å². The predicted octanol–water partition coefficient (Wildman–Crippen LogP) is 7.64. The van der Waals surface area contributed by atoms with Gasteiger partial charge in [0.15, 0.2) is 0 Å². The van der Waals surface area contributed by atoms with E-state index in [4.69, 9.17) is 16.3 Å². The molecule has 0 saturated carbocycles. The molecule has 0 bridgehead atoms. The molecule has 1 N–H and O–H groups in total. The van der Waals surface area contributed by atoms with Crippen LogP contribution in [-0.2, 0) is 6.61 Å². The van der Waals surface area contributed by atoms with Gasteiger partial charge in [0.05, 0.1) is 5.39 Å². The van der Waals surface area contributed by atoms with Gasteiger partial charge in [0.1, 0.15) is 29.3 Å². The number of ether oxygens (including phenoxy) is 1. The molecule has 5 aromatic rings. The minimum absolute atomic E-state index is 0.491. The molecule has 158 valence electrons. The zero-order valence-electron chi connectivity index (χ0n) is 17.4. The van der Waals surface area contributed by atoms with E-state index in [1.807, 2.05) is 48.5 Å². The van der Waals surface area contributed by atoms with E-state index in [0.717, 1.165) is 49.2 Å². The van der Waals surface area contributed by atoms with Gasteiger partial charge >= 0.3 is 0 Å². The predicted molar refractivity (Wildman–Crippen MR) is 133 cm³/mol. The molecule has 2 heterocycles. The van der Waals surface area contributed by atoms with Crippen molar-refractivity contribution in [1.29, 1.82) is 0 Å². The largest absolute Gasteiger partial charge is 0.489 e. The molecule has 2 aromatic heterocycles. The Morgan fingerprint density at radius 1 is 0.906 bits per heavy atom. The minimum atomic E-state index is 0.491. The Morgan fingerprint density at radius 2 is 1.66 bits per heavy atom. The fourth-order valence-electron chi connectivity index (χ4n) is 3.43. The highest BCUT2D eigenvalue weighted by molar-refractivity contribution is 7.17. The summed E-state index contributed by atoms with van der Waals surface area (Å²) < 4.78 is 5.89. The molecule has 0 fully saturated rings. The summed E-state index contributed by atoms with van der Waals surface area (Å²) in [4.78, 5) is 9.94. The lowest BCUT2D eigenvalue weighted by Crippen LogP contribution is -1.97. The Labute approximate surface area is 195 Å². The average molecular weight is 458 g/mol. The van der Waals surface area contributed by atoms with Gasteiger partial charge in [0.25, 0.3) is 0 Å². The van der Waals surface area contributed by atoms with Crippen molar-refractivity contribution in [3.63, 3.8) is 0 Å². The number of fused-ring (bicyclic) bond motifs is 1. The lowest BCUT2D eigenvalue weighted by Gasteiger charge is -2.10. The number of nitrogens with one attached hydrogen (secondary N) is 1. The summed E-state index contributed by atoms with van der Waals surface area (Å²) in [6.07, 6.45) is 1.60. The van der Waals surface area contributed by atoms with Gasteiger partial charge in [-0.3, -0.25) is 0 Å². The zero-order valence-corrected chi connectivity index (χ0v) is 19.0. The first-order valence-electron chi connectivity index (χ1n) is 10.2. The van der Waals surface area contributed by atoms with Crippen molar-refractivity contribution >= 4 is 44.7 Å². The number of aromatic nitrogens is 2. The Balaban J connectivity index is 1.35. The molecule has 0 radical (unpaired) electrons. The van der Waals surface area contributed by atoms with Crippen LogP contribution in [0.5, 0.6) is 5.75 Å². The molecule has 32 heavy (non-hydrogen) atoms. The third-order valence-corrected chi connectivity index (χ3v) is 6.31. The molecule has 3 aromatic carbocycles. The number of thiophene rings is 1. The Kier molecular flexibility index (Phi) is 5.75. The van der Waals surface area contributed by atoms with Crippen LogP contribution in [-0.4, -0.2) is 9.97 Å². The van der Waals surface area contributed by atoms with Gasteiger partial charge in [-0.15, -0.1) is 11.3 Å². The molecule has 0 atom stereocenters. The van der Waals surface area contributed by atoms with Crippen LogP contribution >= 0.6 is 22.9 Å². The summed E-state index contributed by atoms with van der Waals surface area (Å²) in [7, 11) is 0. The second-order valence-electron chi connectivity index (χ2n) is 7.48. The lowest BCUT2D eigenvalue weighted by atomic mass is 10.0. The molecule has 6 heteroatoms. The second-order valence-corrected chi connectivity index (χ2v) is 8.78. The van der Waals surface area contributed by atoms with Crippen LogP contribution in [0, 0.1) is 6.92 Å². The van der Waals surface area contributed by atoms with Gasteiger partial charge in [-0.25, -0.2) is 9.97 Å². The number of rotatable bonds is 6. The maximum Gasteiger partial charge on any atom is 0.143 e. The monoisotopic (exact) mass is 457 g/mol. The van der Waals surface area contributed by atoms with Gasteiger partial charge in [-0.05, 0) is 54.4 Å². The van der Waals surface area contributed by atoms with E-state index >= 15 is 0 Å². The van der Waals surface area contributed by atoms with Crippen LogP contribution < -0.4 is 10.1 Å². The smallest absolute Gasteiger partial charge is 0.143 e. The van der Waals surface area contributed by atoms with Gasteiger partial charge < -0.3 is 10.1 Å². The standard InChI is InChI=1S/C26H20ClN3OS/c1-17-2-6-19(7-3-17)23-15-32-26-24(23)25(28-16-29-26)30-21-10-12-22(13-11-21)31-14-18-4-8-20(27)9-5-18/h2-13,15-16H,14H2,1H3,(H,28,29,30). The van der Waals surface area contributed by atoms with Crippen molar-refractivity contribution in [1.82, 2.24) is 9.97 Å². The molecule has 0 aliphatic rings. The van der Waals surface area contributed by atoms with Crippen LogP contribution in [0.3, 0.4) is 0 Å². The number of hydrogen-bond acceptors (Lipinski definition) is 5. The van der Waals surface area contributed by atoms with E-state index < -0.39 is 0 Å². The maximum atomic E-state index is 5.94. The SMILES string of the molecule is Cc1ccc(-c2csc3ncnc(Nc4ccc(OCc5ccc(Cl)cc5)cc4)c23)cc1. The highest BCUT2D eigenvalue weighted by Gasteiger charge is 2.13. The van der Waals surface area contributed by atoms with Crippen molar-refractivity contribution in [2.75, 3.05) is 5.32 Å². The molecule has 0 aliphatic heterocycles. The first-order chi connectivity index (χ1) is 15.7. The second kappa shape index (κ2) is 8.99. The number of anilines is 2. The van der Waals surface area contributed by atoms with Gasteiger partial charge in [-0.1, -0.05) is 53.6 Å². The van der Waals surface area contributed by atoms with E-state index in [1.165, 1.54) is 5.56 Å². The highest BCUT2D eigenvalue weighted by atomic mass is 35.5. The van der Waals surface area contributed by atoms with Gasteiger partial charge in [0, 0.05) is 21.7 Å². The van der Waals surface area contributed by atoms with Crippen LogP contribution in [0.1, 0.15) is 11.1 Å². The summed E-state index contributed by atoms with van der Waals surface area (Å²) in [5, 5.41) is 7.34. The number of nitrogens with zero attached hydrogens (tertiary/aromatic N) is 2. The number of halogens is 1. The molecule has 0 amide bonds. The topological polar surface area (TPSA) is 47.0 Å². The quantitative estimate of drug-likeness (QED) is 0.284. The molecule has 0 aliphatic carbocycles. The fourth-order valence-corrected chi connectivity index (χ4v) is 4.48. The van der Waals surface area contributed by atoms with Crippen molar-refractivity contribution in [2.24, 2.45) is 0 Å². The highest BCUT2D eigenvalue weighted by Crippen LogP contribution is 2.37. The zero-order chi connectivity index (χ0) is 21.9. The first-order valence-corrected chi connectivity index (χ1v) is 11.4. The van der Waals surface area contributed by atoms with Crippen LogP contribution in [0.15, 0.2) is 84.5 Å². The van der Waals surface area contributed by atoms with E-state index in [-0.39, 0.29) is 0 Å². The number of hydrogen-bond donors (Lipinski definition) is 1. The summed E-state index contributed by atoms with van der Waals surface area (Å²) in [5.41, 5.74) is 5.54. The summed E-state index contributed by atoms with van der Waals surface area (Å²) in [6.45, 7) is 2.58. The Hall–Kier alpha value is -3.41. The van der Waals surface area contributed by atoms with E-state index in [0.29, 0.717) is 6.61 Å². The average Bonchev–Trinajstić information content (AvgIpc) is 3.25. The third kappa shape index (κ3) is 4.44. The van der Waals surface area contributed by atoms with Gasteiger partial charge in [0.2, 0.25) is 0 Å². The minimum Gasteiger partial charge on any atom is -0.489 e. The Morgan fingerprint density at radius 3 is 2.41 bits per heavy atom. The van der Waals surface area contributed by atoms with Crippen LogP contribution in [0.4, 0.5) is 11.5 Å². The fraction of sp³-hybridized carbons (Fsp3) is 0.0769. The molecule has 0 unspecified atom stereocenters. The third-order valence-electron chi connectivity index (χ3n) is 5.17. The van der Waals surface area contributed by atoms with Crippen LogP contribution in [0.2, 0.25) is 5.02 Å². The molecule has 5 rings (SSSR count). The molecule has 0 saturated heterocycles. The van der Waals surface area contributed by atoms with Crippen molar-refractivity contribution in [2.45, 2.75) is 13.5 Å². The molecular weight excluding hydrogens is 438 g/mol. The first kappa shape index (κ1) is 20.5. The Bertz CT molecular complexity index is 1350. The lowest BCUT2D eigenvalue weighted by molar-refractivity contribution is 0.306. The molecule has 0 spiro atoms. The molecule has 4 nitrogen and oxygen atoms in total.